The highest BCUT2D eigenvalue weighted by molar-refractivity contribution is 7.92. The van der Waals surface area contributed by atoms with Crippen LogP contribution in [-0.4, -0.2) is 66.7 Å². The van der Waals surface area contributed by atoms with E-state index < -0.39 is 15.9 Å². The summed E-state index contributed by atoms with van der Waals surface area (Å²) in [4.78, 5) is 21.3. The lowest BCUT2D eigenvalue weighted by molar-refractivity contribution is 0.0764. The summed E-state index contributed by atoms with van der Waals surface area (Å²) in [5, 5.41) is 11.5. The molecule has 8 nitrogen and oxygen atoms in total. The molecule has 1 aromatic heterocycles. The van der Waals surface area contributed by atoms with E-state index in [-0.39, 0.29) is 41.5 Å². The Morgan fingerprint density at radius 3 is 2.56 bits per heavy atom. The summed E-state index contributed by atoms with van der Waals surface area (Å²) in [5.41, 5.74) is 1.78. The van der Waals surface area contributed by atoms with Gasteiger partial charge in [-0.3, -0.25) is 14.1 Å². The average molecular weight is 513 g/mol. The third-order valence-corrected chi connectivity index (χ3v) is 8.81. The minimum Gasteiger partial charge on any atom is -0.505 e. The number of piperidine rings is 1. The van der Waals surface area contributed by atoms with E-state index in [4.69, 9.17) is 0 Å². The second-order valence-corrected chi connectivity index (χ2v) is 11.5. The second kappa shape index (κ2) is 9.67. The van der Waals surface area contributed by atoms with Crippen LogP contribution >= 0.6 is 0 Å². The number of carbonyl (C=O) groups is 1. The number of rotatable bonds is 7. The van der Waals surface area contributed by atoms with E-state index in [2.05, 4.69) is 9.88 Å². The number of likely N-dealkylation sites (tertiary alicyclic amines) is 1. The van der Waals surface area contributed by atoms with Gasteiger partial charge in [-0.1, -0.05) is 18.6 Å². The van der Waals surface area contributed by atoms with Crippen LogP contribution < -0.4 is 4.31 Å². The first kappa shape index (κ1) is 24.5. The lowest BCUT2D eigenvalue weighted by Gasteiger charge is -2.28. The van der Waals surface area contributed by atoms with Crippen LogP contribution in [0, 0.1) is 5.82 Å². The molecule has 0 bridgehead atoms. The molecule has 2 aromatic carbocycles. The van der Waals surface area contributed by atoms with Crippen LogP contribution in [0.5, 0.6) is 5.75 Å². The summed E-state index contributed by atoms with van der Waals surface area (Å²) in [5.74, 6) is -1.09. The van der Waals surface area contributed by atoms with E-state index in [0.29, 0.717) is 23.2 Å². The van der Waals surface area contributed by atoms with Crippen molar-refractivity contribution in [1.29, 1.82) is 0 Å². The number of phenolic OH excluding ortho intramolecular Hbond substituents is 1. The van der Waals surface area contributed by atoms with E-state index >= 15 is 0 Å². The van der Waals surface area contributed by atoms with Crippen molar-refractivity contribution in [3.63, 3.8) is 0 Å². The van der Waals surface area contributed by atoms with Crippen LogP contribution in [0.25, 0.3) is 10.9 Å². The number of amides is 1. The Morgan fingerprint density at radius 1 is 1.11 bits per heavy atom. The number of anilines is 1. The van der Waals surface area contributed by atoms with Crippen LogP contribution in [0.1, 0.15) is 40.7 Å². The Balaban J connectivity index is 1.52. The molecule has 1 fully saturated rings. The van der Waals surface area contributed by atoms with E-state index in [1.807, 2.05) is 0 Å². The maximum atomic E-state index is 13.5. The quantitative estimate of drug-likeness (QED) is 0.521. The Morgan fingerprint density at radius 2 is 1.83 bits per heavy atom. The number of aromatic nitrogens is 1. The molecule has 3 aromatic rings. The highest BCUT2D eigenvalue weighted by Gasteiger charge is 2.37. The lowest BCUT2D eigenvalue weighted by atomic mass is 10.0. The topological polar surface area (TPSA) is 94.0 Å². The van der Waals surface area contributed by atoms with E-state index in [9.17, 15) is 22.7 Å². The summed E-state index contributed by atoms with van der Waals surface area (Å²) in [6, 6.07) is 9.24. The van der Waals surface area contributed by atoms with Gasteiger partial charge in [0.2, 0.25) is 10.0 Å². The number of hydrogen-bond donors (Lipinski definition) is 1. The zero-order chi connectivity index (χ0) is 25.4. The smallest absolute Gasteiger partial charge is 0.258 e. The van der Waals surface area contributed by atoms with Gasteiger partial charge in [0.1, 0.15) is 11.3 Å². The van der Waals surface area contributed by atoms with Crippen molar-refractivity contribution in [2.24, 2.45) is 0 Å². The molecule has 190 valence electrons. The monoisotopic (exact) mass is 512 g/mol. The number of aromatic hydroxyl groups is 1. The molecule has 0 atom stereocenters. The van der Waals surface area contributed by atoms with Crippen LogP contribution in [0.15, 0.2) is 42.6 Å². The molecule has 0 spiro atoms. The Kier molecular flexibility index (Phi) is 6.57. The maximum Gasteiger partial charge on any atom is 0.258 e. The molecular weight excluding hydrogens is 483 g/mol. The van der Waals surface area contributed by atoms with Gasteiger partial charge in [-0.05, 0) is 55.8 Å². The van der Waals surface area contributed by atoms with Gasteiger partial charge in [0.05, 0.1) is 17.0 Å². The molecule has 10 heteroatoms. The van der Waals surface area contributed by atoms with E-state index in [1.165, 1.54) is 41.0 Å². The summed E-state index contributed by atoms with van der Waals surface area (Å²) in [6.07, 6.45) is 4.82. The number of nitrogens with zero attached hydrogens (tertiary/aromatic N) is 4. The fourth-order valence-corrected chi connectivity index (χ4v) is 6.38. The van der Waals surface area contributed by atoms with Gasteiger partial charge in [0, 0.05) is 43.8 Å². The van der Waals surface area contributed by atoms with Gasteiger partial charge in [0.15, 0.2) is 5.75 Å². The number of hydrogen-bond acceptors (Lipinski definition) is 6. The summed E-state index contributed by atoms with van der Waals surface area (Å²) in [7, 11) is -2.23. The average Bonchev–Trinajstić information content (AvgIpc) is 3.20. The molecule has 2 aliphatic rings. The summed E-state index contributed by atoms with van der Waals surface area (Å²) < 4.78 is 41.5. The maximum absolute atomic E-state index is 13.5. The minimum absolute atomic E-state index is 0.0475. The standard InChI is InChI=1S/C26H29FN4O4S/c1-29(36(34,35)15-14-30-12-3-2-4-13-30)24-20-6-5-11-28-23(20)25(32)22-21(24)17-31(26(22)33)16-18-7-9-19(27)10-8-18/h5-11,32H,2-4,12-17H2,1H3. The predicted octanol–water partition coefficient (Wildman–Crippen LogP) is 3.49. The minimum atomic E-state index is -3.73. The van der Waals surface area contributed by atoms with Crippen molar-refractivity contribution in [1.82, 2.24) is 14.8 Å². The van der Waals surface area contributed by atoms with Crippen molar-refractivity contribution >= 4 is 32.5 Å². The molecule has 2 aliphatic heterocycles. The molecule has 0 saturated carbocycles. The molecule has 5 rings (SSSR count). The number of sulfonamides is 1. The summed E-state index contributed by atoms with van der Waals surface area (Å²) in [6.45, 7) is 2.55. The fourth-order valence-electron chi connectivity index (χ4n) is 5.13. The highest BCUT2D eigenvalue weighted by Crippen LogP contribution is 2.44. The molecular formula is C26H29FN4O4S. The Labute approximate surface area is 210 Å². The number of pyridine rings is 1. The molecule has 0 unspecified atom stereocenters. The third-order valence-electron chi connectivity index (χ3n) is 7.09. The van der Waals surface area contributed by atoms with E-state index in [1.54, 1.807) is 24.3 Å². The van der Waals surface area contributed by atoms with Crippen molar-refractivity contribution in [2.75, 3.05) is 36.7 Å². The zero-order valence-electron chi connectivity index (χ0n) is 20.2. The Hall–Kier alpha value is -3.24. The van der Waals surface area contributed by atoms with Crippen molar-refractivity contribution in [3.05, 3.63) is 65.1 Å². The second-order valence-electron chi connectivity index (χ2n) is 9.42. The zero-order valence-corrected chi connectivity index (χ0v) is 21.0. The molecule has 1 amide bonds. The molecule has 0 radical (unpaired) electrons. The SMILES string of the molecule is CN(c1c2c(c(O)c3ncccc13)C(=O)N(Cc1ccc(F)cc1)C2)S(=O)(=O)CCN1CCCCC1. The van der Waals surface area contributed by atoms with Crippen LogP contribution in [0.3, 0.4) is 0 Å². The van der Waals surface area contributed by atoms with Crippen molar-refractivity contribution in [3.8, 4) is 5.75 Å². The van der Waals surface area contributed by atoms with Crippen molar-refractivity contribution in [2.45, 2.75) is 32.4 Å². The van der Waals surface area contributed by atoms with Crippen molar-refractivity contribution < 1.29 is 22.7 Å². The third kappa shape index (κ3) is 4.51. The molecule has 1 N–H and O–H groups in total. The number of fused-ring (bicyclic) bond motifs is 2. The lowest BCUT2D eigenvalue weighted by Crippen LogP contribution is -2.38. The Bertz CT molecular complexity index is 1410. The fraction of sp³-hybridized carbons (Fsp3) is 0.385. The molecule has 1 saturated heterocycles. The number of phenols is 1. The van der Waals surface area contributed by atoms with Gasteiger partial charge in [-0.2, -0.15) is 0 Å². The first-order valence-electron chi connectivity index (χ1n) is 12.1. The number of carbonyl (C=O) groups excluding carboxylic acids is 1. The molecule has 0 aliphatic carbocycles. The normalized spacial score (nSPS) is 16.5. The molecule has 36 heavy (non-hydrogen) atoms. The highest BCUT2D eigenvalue weighted by atomic mass is 32.2. The predicted molar refractivity (Wildman–Crippen MR) is 136 cm³/mol. The van der Waals surface area contributed by atoms with Crippen LogP contribution in [0.4, 0.5) is 10.1 Å². The molecule has 3 heterocycles. The number of halogens is 1. The van der Waals surface area contributed by atoms with Crippen LogP contribution in [-0.2, 0) is 23.1 Å². The first-order valence-corrected chi connectivity index (χ1v) is 13.7. The number of benzene rings is 2. The summed E-state index contributed by atoms with van der Waals surface area (Å²) >= 11 is 0. The van der Waals surface area contributed by atoms with Gasteiger partial charge >= 0.3 is 0 Å². The van der Waals surface area contributed by atoms with Crippen LogP contribution in [0.2, 0.25) is 0 Å². The largest absolute Gasteiger partial charge is 0.505 e. The first-order chi connectivity index (χ1) is 17.3. The van der Waals surface area contributed by atoms with E-state index in [0.717, 1.165) is 31.5 Å². The van der Waals surface area contributed by atoms with Gasteiger partial charge in [-0.25, -0.2) is 12.8 Å². The van der Waals surface area contributed by atoms with Gasteiger partial charge in [-0.15, -0.1) is 0 Å². The van der Waals surface area contributed by atoms with Gasteiger partial charge in [0.25, 0.3) is 5.91 Å². The van der Waals surface area contributed by atoms with Gasteiger partial charge < -0.3 is 14.9 Å².